The van der Waals surface area contributed by atoms with Crippen LogP contribution in [0.1, 0.15) is 46.1 Å². The van der Waals surface area contributed by atoms with Crippen molar-refractivity contribution in [2.45, 2.75) is 31.8 Å². The number of carbonyl (C=O) groups is 1. The number of hydrogen-bond donors (Lipinski definition) is 1. The highest BCUT2D eigenvalue weighted by Crippen LogP contribution is 2.42. The van der Waals surface area contributed by atoms with Gasteiger partial charge in [-0.05, 0) is 61.3 Å². The molecule has 1 amide bonds. The van der Waals surface area contributed by atoms with E-state index in [4.69, 9.17) is 0 Å². The van der Waals surface area contributed by atoms with Crippen LogP contribution < -0.4 is 5.32 Å². The van der Waals surface area contributed by atoms with Gasteiger partial charge in [0.05, 0.1) is 11.4 Å². The molecule has 5 rings (SSSR count). The summed E-state index contributed by atoms with van der Waals surface area (Å²) in [6.45, 7) is 1.34. The Morgan fingerprint density at radius 3 is 2.38 bits per heavy atom. The van der Waals surface area contributed by atoms with Crippen molar-refractivity contribution in [3.05, 3.63) is 101 Å². The molecule has 0 bridgehead atoms. The molecule has 6 nitrogen and oxygen atoms in total. The summed E-state index contributed by atoms with van der Waals surface area (Å²) in [6, 6.07) is 26.7. The Kier molecular flexibility index (Phi) is 6.23. The molecule has 1 fully saturated rings. The Labute approximate surface area is 200 Å². The summed E-state index contributed by atoms with van der Waals surface area (Å²) in [7, 11) is 4.14. The van der Waals surface area contributed by atoms with Gasteiger partial charge in [0.15, 0.2) is 5.69 Å². The average molecular weight is 452 g/mol. The third-order valence-corrected chi connectivity index (χ3v) is 6.11. The molecule has 1 aliphatic rings. The Morgan fingerprint density at radius 2 is 1.68 bits per heavy atom. The first-order chi connectivity index (χ1) is 16.6. The number of amides is 1. The molecule has 1 N–H and O–H groups in total. The van der Waals surface area contributed by atoms with Gasteiger partial charge in [-0.15, -0.1) is 5.10 Å². The van der Waals surface area contributed by atoms with Crippen LogP contribution >= 0.6 is 0 Å². The lowest BCUT2D eigenvalue weighted by atomic mass is 9.98. The maximum atomic E-state index is 13.2. The zero-order chi connectivity index (χ0) is 23.5. The van der Waals surface area contributed by atoms with E-state index in [1.54, 1.807) is 0 Å². The first-order valence-corrected chi connectivity index (χ1v) is 11.7. The van der Waals surface area contributed by atoms with Gasteiger partial charge in [0.2, 0.25) is 0 Å². The van der Waals surface area contributed by atoms with Crippen molar-refractivity contribution in [2.75, 3.05) is 14.1 Å². The Balaban J connectivity index is 1.35. The monoisotopic (exact) mass is 451 g/mol. The van der Waals surface area contributed by atoms with Gasteiger partial charge in [-0.2, -0.15) is 0 Å². The van der Waals surface area contributed by atoms with Crippen LogP contribution in [0.4, 0.5) is 0 Å². The predicted octanol–water partition coefficient (Wildman–Crippen LogP) is 4.80. The van der Waals surface area contributed by atoms with E-state index >= 15 is 0 Å². The number of rotatable bonds is 8. The summed E-state index contributed by atoms with van der Waals surface area (Å²) in [4.78, 5) is 15.3. The standard InChI is InChI=1S/C28H29N5O/c1-32(2)19-20-12-14-21(15-13-20)25-11-7-6-8-23(25)18-29-28(34)26-27(22-16-17-22)33(31-30-26)24-9-4-3-5-10-24/h3-15,22H,16-19H2,1-2H3,(H,29,34). The van der Waals surface area contributed by atoms with Gasteiger partial charge in [-0.25, -0.2) is 4.68 Å². The number of nitrogens with one attached hydrogen (secondary N) is 1. The van der Waals surface area contributed by atoms with Crippen LogP contribution in [0.3, 0.4) is 0 Å². The van der Waals surface area contributed by atoms with Crippen molar-refractivity contribution in [3.8, 4) is 16.8 Å². The van der Waals surface area contributed by atoms with Crippen molar-refractivity contribution < 1.29 is 4.79 Å². The highest BCUT2D eigenvalue weighted by molar-refractivity contribution is 5.93. The van der Waals surface area contributed by atoms with E-state index < -0.39 is 0 Å². The normalized spacial score (nSPS) is 13.3. The second-order valence-corrected chi connectivity index (χ2v) is 9.12. The van der Waals surface area contributed by atoms with Crippen LogP contribution in [0.5, 0.6) is 0 Å². The van der Waals surface area contributed by atoms with Crippen molar-refractivity contribution >= 4 is 5.91 Å². The lowest BCUT2D eigenvalue weighted by Crippen LogP contribution is -2.24. The molecule has 0 aliphatic heterocycles. The quantitative estimate of drug-likeness (QED) is 0.418. The van der Waals surface area contributed by atoms with E-state index in [1.165, 1.54) is 5.56 Å². The lowest BCUT2D eigenvalue weighted by molar-refractivity contribution is 0.0945. The average Bonchev–Trinajstić information content (AvgIpc) is 3.61. The number of aromatic nitrogens is 3. The van der Waals surface area contributed by atoms with E-state index in [0.717, 1.165) is 47.5 Å². The third kappa shape index (κ3) is 4.77. The van der Waals surface area contributed by atoms with Crippen LogP contribution in [0.25, 0.3) is 16.8 Å². The van der Waals surface area contributed by atoms with E-state index in [0.29, 0.717) is 18.2 Å². The molecule has 34 heavy (non-hydrogen) atoms. The fourth-order valence-corrected chi connectivity index (χ4v) is 4.30. The summed E-state index contributed by atoms with van der Waals surface area (Å²) in [5.74, 6) is 0.157. The molecular formula is C28H29N5O. The van der Waals surface area contributed by atoms with Crippen LogP contribution in [0.15, 0.2) is 78.9 Å². The van der Waals surface area contributed by atoms with Gasteiger partial charge < -0.3 is 10.2 Å². The van der Waals surface area contributed by atoms with E-state index in [9.17, 15) is 4.79 Å². The molecule has 0 unspecified atom stereocenters. The fourth-order valence-electron chi connectivity index (χ4n) is 4.30. The van der Waals surface area contributed by atoms with Gasteiger partial charge in [-0.3, -0.25) is 4.79 Å². The first-order valence-electron chi connectivity index (χ1n) is 11.7. The topological polar surface area (TPSA) is 63.1 Å². The number of para-hydroxylation sites is 1. The van der Waals surface area contributed by atoms with Crippen molar-refractivity contribution in [3.63, 3.8) is 0 Å². The maximum absolute atomic E-state index is 13.2. The molecule has 0 saturated heterocycles. The van der Waals surface area contributed by atoms with Crippen LogP contribution in [0.2, 0.25) is 0 Å². The molecular weight excluding hydrogens is 422 g/mol. The zero-order valence-corrected chi connectivity index (χ0v) is 19.6. The van der Waals surface area contributed by atoms with E-state index in [1.807, 2.05) is 47.1 Å². The van der Waals surface area contributed by atoms with Crippen LogP contribution in [-0.4, -0.2) is 39.9 Å². The van der Waals surface area contributed by atoms with Crippen molar-refractivity contribution in [2.24, 2.45) is 0 Å². The highest BCUT2D eigenvalue weighted by Gasteiger charge is 2.34. The molecule has 1 aromatic heterocycles. The van der Waals surface area contributed by atoms with E-state index in [-0.39, 0.29) is 5.91 Å². The highest BCUT2D eigenvalue weighted by atomic mass is 16.2. The van der Waals surface area contributed by atoms with Gasteiger partial charge in [0.1, 0.15) is 0 Å². The predicted molar refractivity (Wildman–Crippen MR) is 134 cm³/mol. The van der Waals surface area contributed by atoms with Crippen LogP contribution in [-0.2, 0) is 13.1 Å². The van der Waals surface area contributed by atoms with Crippen LogP contribution in [0, 0.1) is 0 Å². The summed E-state index contributed by atoms with van der Waals surface area (Å²) >= 11 is 0. The molecule has 1 heterocycles. The fraction of sp³-hybridized carbons (Fsp3) is 0.250. The minimum atomic E-state index is -0.180. The Morgan fingerprint density at radius 1 is 0.971 bits per heavy atom. The maximum Gasteiger partial charge on any atom is 0.274 e. The molecule has 0 spiro atoms. The number of hydrogen-bond acceptors (Lipinski definition) is 4. The van der Waals surface area contributed by atoms with Gasteiger partial charge in [0.25, 0.3) is 5.91 Å². The second kappa shape index (κ2) is 9.61. The van der Waals surface area contributed by atoms with Crippen molar-refractivity contribution in [1.29, 1.82) is 0 Å². The largest absolute Gasteiger partial charge is 0.346 e. The summed E-state index contributed by atoms with van der Waals surface area (Å²) < 4.78 is 1.82. The molecule has 6 heteroatoms. The molecule has 3 aromatic carbocycles. The Bertz CT molecular complexity index is 1270. The molecule has 1 saturated carbocycles. The molecule has 0 atom stereocenters. The van der Waals surface area contributed by atoms with Crippen molar-refractivity contribution in [1.82, 2.24) is 25.2 Å². The minimum Gasteiger partial charge on any atom is -0.346 e. The molecule has 0 radical (unpaired) electrons. The van der Waals surface area contributed by atoms with Gasteiger partial charge >= 0.3 is 0 Å². The minimum absolute atomic E-state index is 0.180. The second-order valence-electron chi connectivity index (χ2n) is 9.12. The number of nitrogens with zero attached hydrogens (tertiary/aromatic N) is 4. The summed E-state index contributed by atoms with van der Waals surface area (Å²) in [5.41, 5.74) is 6.87. The summed E-state index contributed by atoms with van der Waals surface area (Å²) in [5, 5.41) is 11.7. The first kappa shape index (κ1) is 22.0. The Hall–Kier alpha value is -3.77. The summed E-state index contributed by atoms with van der Waals surface area (Å²) in [6.07, 6.45) is 2.13. The van der Waals surface area contributed by atoms with Gasteiger partial charge in [-0.1, -0.05) is 71.9 Å². The third-order valence-electron chi connectivity index (χ3n) is 6.11. The molecule has 1 aliphatic carbocycles. The molecule has 172 valence electrons. The SMILES string of the molecule is CN(C)Cc1ccc(-c2ccccc2CNC(=O)c2nnn(-c3ccccc3)c2C2CC2)cc1. The number of benzene rings is 3. The van der Waals surface area contributed by atoms with Gasteiger partial charge in [0, 0.05) is 19.0 Å². The zero-order valence-electron chi connectivity index (χ0n) is 19.6. The van der Waals surface area contributed by atoms with E-state index in [2.05, 4.69) is 71.0 Å². The lowest BCUT2D eigenvalue weighted by Gasteiger charge is -2.13. The smallest absolute Gasteiger partial charge is 0.274 e. The molecule has 4 aromatic rings. The number of carbonyl (C=O) groups excluding carboxylic acids is 1.